The Morgan fingerprint density at radius 1 is 1.14 bits per heavy atom. The maximum absolute atomic E-state index is 6.35. The molecule has 3 N–H and O–H groups in total. The van der Waals surface area contributed by atoms with E-state index in [1.807, 2.05) is 43.3 Å². The second kappa shape index (κ2) is 8.00. The minimum absolute atomic E-state index is 0.105. The Labute approximate surface area is 168 Å². The van der Waals surface area contributed by atoms with Gasteiger partial charge in [-0.1, -0.05) is 48.0 Å². The summed E-state index contributed by atoms with van der Waals surface area (Å²) < 4.78 is 5.89. The Hall–Kier alpha value is -2.89. The van der Waals surface area contributed by atoms with Crippen molar-refractivity contribution in [1.82, 2.24) is 15.2 Å². The van der Waals surface area contributed by atoms with Crippen LogP contribution < -0.4 is 10.5 Å². The van der Waals surface area contributed by atoms with Crippen LogP contribution in [0.1, 0.15) is 11.3 Å². The minimum atomic E-state index is -0.105. The van der Waals surface area contributed by atoms with Crippen LogP contribution in [0, 0.1) is 6.92 Å². The number of nitrogens with two attached hydrogens (primary N) is 1. The van der Waals surface area contributed by atoms with Gasteiger partial charge in [0.1, 0.15) is 17.5 Å². The molecule has 4 rings (SSSR count). The highest BCUT2D eigenvalue weighted by atomic mass is 35.5. The number of nitrogens with zero attached hydrogens (tertiary/aromatic N) is 2. The van der Waals surface area contributed by atoms with Crippen molar-refractivity contribution in [3.63, 3.8) is 0 Å². The molecule has 5 nitrogen and oxygen atoms in total. The highest BCUT2D eigenvalue weighted by molar-refractivity contribution is 6.32. The van der Waals surface area contributed by atoms with E-state index in [9.17, 15) is 0 Å². The Morgan fingerprint density at radius 3 is 2.79 bits per heavy atom. The van der Waals surface area contributed by atoms with Crippen LogP contribution >= 0.6 is 11.6 Å². The molecule has 2 heterocycles. The molecule has 0 saturated heterocycles. The molecule has 0 aliphatic carbocycles. The summed E-state index contributed by atoms with van der Waals surface area (Å²) in [6.45, 7) is 2.39. The lowest BCUT2D eigenvalue weighted by atomic mass is 10.0. The molecule has 0 bridgehead atoms. The monoisotopic (exact) mass is 392 g/mol. The van der Waals surface area contributed by atoms with E-state index in [2.05, 4.69) is 33.4 Å². The average molecular weight is 393 g/mol. The van der Waals surface area contributed by atoms with E-state index in [0.29, 0.717) is 17.5 Å². The van der Waals surface area contributed by atoms with Crippen LogP contribution in [0.25, 0.3) is 22.0 Å². The summed E-state index contributed by atoms with van der Waals surface area (Å²) in [6, 6.07) is 18.0. The summed E-state index contributed by atoms with van der Waals surface area (Å²) in [6.07, 6.45) is 2.38. The van der Waals surface area contributed by atoms with Gasteiger partial charge in [-0.3, -0.25) is 5.10 Å². The fourth-order valence-electron chi connectivity index (χ4n) is 3.20. The van der Waals surface area contributed by atoms with Gasteiger partial charge in [-0.05, 0) is 42.7 Å². The molecule has 0 spiro atoms. The van der Waals surface area contributed by atoms with Gasteiger partial charge in [-0.15, -0.1) is 0 Å². The zero-order chi connectivity index (χ0) is 19.5. The van der Waals surface area contributed by atoms with Gasteiger partial charge in [0.25, 0.3) is 0 Å². The van der Waals surface area contributed by atoms with Gasteiger partial charge >= 0.3 is 0 Å². The molecular weight excluding hydrogens is 372 g/mol. The van der Waals surface area contributed by atoms with Crippen LogP contribution in [0.3, 0.4) is 0 Å². The SMILES string of the molecule is Cc1[nH]nc2ccc(-c3cc(OC[C@@H](N)Cc4ccccc4)cnc3Cl)cc12. The Balaban J connectivity index is 1.51. The molecule has 0 aliphatic rings. The first-order valence-corrected chi connectivity index (χ1v) is 9.51. The van der Waals surface area contributed by atoms with E-state index in [-0.39, 0.29) is 6.04 Å². The van der Waals surface area contributed by atoms with Crippen molar-refractivity contribution in [2.24, 2.45) is 5.73 Å². The zero-order valence-corrected chi connectivity index (χ0v) is 16.3. The van der Waals surface area contributed by atoms with Gasteiger partial charge in [0, 0.05) is 22.7 Å². The second-order valence-corrected chi connectivity index (χ2v) is 7.21. The number of rotatable bonds is 6. The molecule has 0 amide bonds. The van der Waals surface area contributed by atoms with Crippen LogP contribution in [0.4, 0.5) is 0 Å². The first kappa shape index (κ1) is 18.5. The molecule has 0 fully saturated rings. The second-order valence-electron chi connectivity index (χ2n) is 6.85. The Morgan fingerprint density at radius 2 is 1.96 bits per heavy atom. The smallest absolute Gasteiger partial charge is 0.138 e. The van der Waals surface area contributed by atoms with E-state index in [1.165, 1.54) is 5.56 Å². The van der Waals surface area contributed by atoms with Gasteiger partial charge < -0.3 is 10.5 Å². The standard InChI is InChI=1S/C22H21ClN4O/c1-14-19-10-16(7-8-21(19)27-26-14)20-11-18(12-25-22(20)23)28-13-17(24)9-15-5-3-2-4-6-15/h2-8,10-12,17H,9,13,24H2,1H3,(H,26,27)/t17-/m0/s1. The molecular formula is C22H21ClN4O. The van der Waals surface area contributed by atoms with Gasteiger partial charge in [0.05, 0.1) is 11.7 Å². The molecule has 0 radical (unpaired) electrons. The minimum Gasteiger partial charge on any atom is -0.490 e. The van der Waals surface area contributed by atoms with Crippen molar-refractivity contribution >= 4 is 22.5 Å². The van der Waals surface area contributed by atoms with Crippen molar-refractivity contribution < 1.29 is 4.74 Å². The van der Waals surface area contributed by atoms with Gasteiger partial charge in [-0.2, -0.15) is 5.10 Å². The number of nitrogens with one attached hydrogen (secondary N) is 1. The molecule has 6 heteroatoms. The van der Waals surface area contributed by atoms with Crippen LogP contribution in [0.15, 0.2) is 60.8 Å². The van der Waals surface area contributed by atoms with Crippen LogP contribution in [-0.2, 0) is 6.42 Å². The van der Waals surface area contributed by atoms with Crippen molar-refractivity contribution in [2.45, 2.75) is 19.4 Å². The fourth-order valence-corrected chi connectivity index (χ4v) is 3.41. The summed E-state index contributed by atoms with van der Waals surface area (Å²) in [5.74, 6) is 0.645. The topological polar surface area (TPSA) is 76.8 Å². The molecule has 2 aromatic heterocycles. The van der Waals surface area contributed by atoms with Crippen LogP contribution in [0.2, 0.25) is 5.15 Å². The van der Waals surface area contributed by atoms with Crippen molar-refractivity contribution in [1.29, 1.82) is 0 Å². The van der Waals surface area contributed by atoms with Crippen molar-refractivity contribution in [3.8, 4) is 16.9 Å². The highest BCUT2D eigenvalue weighted by Gasteiger charge is 2.11. The number of aromatic nitrogens is 3. The quantitative estimate of drug-likeness (QED) is 0.472. The fraction of sp³-hybridized carbons (Fsp3) is 0.182. The van der Waals surface area contributed by atoms with Crippen LogP contribution in [-0.4, -0.2) is 27.8 Å². The first-order valence-electron chi connectivity index (χ1n) is 9.13. The van der Waals surface area contributed by atoms with E-state index in [0.717, 1.165) is 34.1 Å². The molecule has 0 aliphatic heterocycles. The molecule has 1 atom stereocenters. The van der Waals surface area contributed by atoms with E-state index in [1.54, 1.807) is 6.20 Å². The normalized spacial score (nSPS) is 12.2. The first-order chi connectivity index (χ1) is 13.6. The summed E-state index contributed by atoms with van der Waals surface area (Å²) in [5.41, 5.74) is 11.1. The van der Waals surface area contributed by atoms with E-state index in [4.69, 9.17) is 22.1 Å². The maximum atomic E-state index is 6.35. The summed E-state index contributed by atoms with van der Waals surface area (Å²) in [4.78, 5) is 4.28. The third-order valence-electron chi connectivity index (χ3n) is 4.67. The largest absolute Gasteiger partial charge is 0.490 e. The third kappa shape index (κ3) is 4.01. The predicted molar refractivity (Wildman–Crippen MR) is 113 cm³/mol. The number of hydrogen-bond acceptors (Lipinski definition) is 4. The summed E-state index contributed by atoms with van der Waals surface area (Å²) in [5, 5.41) is 8.75. The maximum Gasteiger partial charge on any atom is 0.138 e. The lowest BCUT2D eigenvalue weighted by Gasteiger charge is -2.14. The Bertz CT molecular complexity index is 1090. The lowest BCUT2D eigenvalue weighted by Crippen LogP contribution is -2.30. The zero-order valence-electron chi connectivity index (χ0n) is 15.5. The van der Waals surface area contributed by atoms with E-state index >= 15 is 0 Å². The lowest BCUT2D eigenvalue weighted by molar-refractivity contribution is 0.287. The van der Waals surface area contributed by atoms with Crippen molar-refractivity contribution in [3.05, 3.63) is 77.2 Å². The number of pyridine rings is 1. The number of fused-ring (bicyclic) bond motifs is 1. The number of halogens is 1. The molecule has 142 valence electrons. The van der Waals surface area contributed by atoms with Crippen LogP contribution in [0.5, 0.6) is 5.75 Å². The summed E-state index contributed by atoms with van der Waals surface area (Å²) >= 11 is 6.35. The third-order valence-corrected chi connectivity index (χ3v) is 4.98. The van der Waals surface area contributed by atoms with Gasteiger partial charge in [0.15, 0.2) is 0 Å². The number of aromatic amines is 1. The average Bonchev–Trinajstić information content (AvgIpc) is 3.08. The number of H-pyrrole nitrogens is 1. The predicted octanol–water partition coefficient (Wildman–Crippen LogP) is 4.54. The molecule has 2 aromatic carbocycles. The number of hydrogen-bond donors (Lipinski definition) is 2. The Kier molecular flexibility index (Phi) is 5.28. The van der Waals surface area contributed by atoms with Gasteiger partial charge in [0.2, 0.25) is 0 Å². The van der Waals surface area contributed by atoms with Crippen molar-refractivity contribution in [2.75, 3.05) is 6.61 Å². The highest BCUT2D eigenvalue weighted by Crippen LogP contribution is 2.32. The molecule has 0 saturated carbocycles. The molecule has 4 aromatic rings. The number of aryl methyl sites for hydroxylation is 1. The molecule has 0 unspecified atom stereocenters. The van der Waals surface area contributed by atoms with Gasteiger partial charge in [-0.25, -0.2) is 4.98 Å². The van der Waals surface area contributed by atoms with E-state index < -0.39 is 0 Å². The summed E-state index contributed by atoms with van der Waals surface area (Å²) in [7, 11) is 0. The number of benzene rings is 2. The number of ether oxygens (including phenoxy) is 1. The molecule has 28 heavy (non-hydrogen) atoms.